The number of carbonyl (C=O) groups is 2. The zero-order valence-corrected chi connectivity index (χ0v) is 14.3. The molecule has 3 N–H and O–H groups in total. The van der Waals surface area contributed by atoms with Crippen molar-refractivity contribution >= 4 is 57.5 Å². The Morgan fingerprint density at radius 2 is 1.54 bits per heavy atom. The Morgan fingerprint density at radius 1 is 0.875 bits per heavy atom. The molecule has 0 aliphatic carbocycles. The van der Waals surface area contributed by atoms with Crippen LogP contribution in [0.25, 0.3) is 10.9 Å². The largest absolute Gasteiger partial charge is 0.350 e. The second kappa shape index (κ2) is 6.73. The fourth-order valence-corrected chi connectivity index (χ4v) is 2.93. The molecule has 0 saturated carbocycles. The molecule has 0 bridgehead atoms. The molecule has 0 radical (unpaired) electrons. The molecule has 0 aliphatic heterocycles. The number of hydrogen-bond acceptors (Lipinski definition) is 2. The SMILES string of the molecule is O=C(NNC(=O)c1c(Cl)cccc1Cl)c1cc2cc(Cl)ccc2[nH]1. The predicted molar refractivity (Wildman–Crippen MR) is 94.7 cm³/mol. The van der Waals surface area contributed by atoms with Gasteiger partial charge in [-0.25, -0.2) is 0 Å². The quantitative estimate of drug-likeness (QED) is 0.581. The van der Waals surface area contributed by atoms with Crippen LogP contribution in [0.2, 0.25) is 15.1 Å². The molecule has 1 aromatic heterocycles. The van der Waals surface area contributed by atoms with E-state index in [9.17, 15) is 9.59 Å². The van der Waals surface area contributed by atoms with E-state index < -0.39 is 11.8 Å². The summed E-state index contributed by atoms with van der Waals surface area (Å²) in [7, 11) is 0. The number of H-pyrrole nitrogens is 1. The molecule has 0 atom stereocenters. The summed E-state index contributed by atoms with van der Waals surface area (Å²) in [5.41, 5.74) is 5.71. The number of amides is 2. The van der Waals surface area contributed by atoms with E-state index in [1.807, 2.05) is 0 Å². The lowest BCUT2D eigenvalue weighted by Gasteiger charge is -2.09. The first-order valence-corrected chi connectivity index (χ1v) is 7.92. The molecule has 0 saturated heterocycles. The van der Waals surface area contributed by atoms with Crippen LogP contribution in [0.4, 0.5) is 0 Å². The molecule has 122 valence electrons. The van der Waals surface area contributed by atoms with E-state index in [1.165, 1.54) is 12.1 Å². The first-order valence-electron chi connectivity index (χ1n) is 6.78. The summed E-state index contributed by atoms with van der Waals surface area (Å²) < 4.78 is 0. The van der Waals surface area contributed by atoms with Gasteiger partial charge in [-0.1, -0.05) is 40.9 Å². The van der Waals surface area contributed by atoms with Crippen LogP contribution in [-0.2, 0) is 0 Å². The first kappa shape index (κ1) is 16.6. The molecule has 0 aliphatic rings. The van der Waals surface area contributed by atoms with E-state index >= 15 is 0 Å². The van der Waals surface area contributed by atoms with E-state index in [-0.39, 0.29) is 21.3 Å². The second-order valence-electron chi connectivity index (χ2n) is 4.92. The zero-order chi connectivity index (χ0) is 17.3. The number of hydrazine groups is 1. The molecule has 1 heterocycles. The average molecular weight is 383 g/mol. The fourth-order valence-electron chi connectivity index (χ4n) is 2.18. The molecular weight excluding hydrogens is 373 g/mol. The highest BCUT2D eigenvalue weighted by Gasteiger charge is 2.16. The maximum atomic E-state index is 12.1. The van der Waals surface area contributed by atoms with Crippen molar-refractivity contribution in [2.24, 2.45) is 0 Å². The highest BCUT2D eigenvalue weighted by atomic mass is 35.5. The van der Waals surface area contributed by atoms with E-state index in [4.69, 9.17) is 34.8 Å². The molecule has 2 aromatic carbocycles. The van der Waals surface area contributed by atoms with E-state index in [2.05, 4.69) is 15.8 Å². The Balaban J connectivity index is 1.73. The van der Waals surface area contributed by atoms with Gasteiger partial charge in [-0.2, -0.15) is 0 Å². The maximum Gasteiger partial charge on any atom is 0.286 e. The van der Waals surface area contributed by atoms with Gasteiger partial charge in [0.15, 0.2) is 0 Å². The van der Waals surface area contributed by atoms with E-state index in [1.54, 1.807) is 30.3 Å². The zero-order valence-electron chi connectivity index (χ0n) is 12.0. The lowest BCUT2D eigenvalue weighted by atomic mass is 10.2. The highest BCUT2D eigenvalue weighted by Crippen LogP contribution is 2.24. The van der Waals surface area contributed by atoms with Crippen molar-refractivity contribution in [3.63, 3.8) is 0 Å². The molecule has 0 unspecified atom stereocenters. The summed E-state index contributed by atoms with van der Waals surface area (Å²) in [5, 5.41) is 1.73. The third kappa shape index (κ3) is 3.33. The number of hydrogen-bond donors (Lipinski definition) is 3. The number of halogens is 3. The molecule has 2 amide bonds. The minimum Gasteiger partial charge on any atom is -0.350 e. The van der Waals surface area contributed by atoms with Crippen LogP contribution in [0.15, 0.2) is 42.5 Å². The van der Waals surface area contributed by atoms with Gasteiger partial charge in [0.1, 0.15) is 5.69 Å². The van der Waals surface area contributed by atoms with Gasteiger partial charge >= 0.3 is 0 Å². The summed E-state index contributed by atoms with van der Waals surface area (Å²) in [5.74, 6) is -1.13. The summed E-state index contributed by atoms with van der Waals surface area (Å²) in [6.07, 6.45) is 0. The third-order valence-corrected chi connectivity index (χ3v) is 4.17. The number of aromatic amines is 1. The molecular formula is C16H10Cl3N3O2. The molecule has 3 rings (SSSR count). The maximum absolute atomic E-state index is 12.1. The minimum atomic E-state index is -0.613. The average Bonchev–Trinajstić information content (AvgIpc) is 2.95. The van der Waals surface area contributed by atoms with Crippen molar-refractivity contribution < 1.29 is 9.59 Å². The van der Waals surface area contributed by atoms with Crippen molar-refractivity contribution in [1.29, 1.82) is 0 Å². The molecule has 8 heteroatoms. The van der Waals surface area contributed by atoms with Crippen LogP contribution in [0.3, 0.4) is 0 Å². The van der Waals surface area contributed by atoms with Crippen molar-refractivity contribution in [2.45, 2.75) is 0 Å². The third-order valence-electron chi connectivity index (χ3n) is 3.31. The topological polar surface area (TPSA) is 74.0 Å². The normalized spacial score (nSPS) is 10.6. The van der Waals surface area contributed by atoms with Gasteiger partial charge in [-0.3, -0.25) is 20.4 Å². The first-order chi connectivity index (χ1) is 11.5. The number of carbonyl (C=O) groups excluding carboxylic acids is 2. The van der Waals surface area contributed by atoms with Gasteiger partial charge < -0.3 is 4.98 Å². The van der Waals surface area contributed by atoms with Crippen LogP contribution in [-0.4, -0.2) is 16.8 Å². The van der Waals surface area contributed by atoms with Crippen LogP contribution in [0, 0.1) is 0 Å². The summed E-state index contributed by atoms with van der Waals surface area (Å²) in [6.45, 7) is 0. The summed E-state index contributed by atoms with van der Waals surface area (Å²) >= 11 is 17.8. The lowest BCUT2D eigenvalue weighted by molar-refractivity contribution is 0.0844. The van der Waals surface area contributed by atoms with Crippen molar-refractivity contribution in [3.05, 3.63) is 68.8 Å². The fraction of sp³-hybridized carbons (Fsp3) is 0. The Morgan fingerprint density at radius 3 is 2.25 bits per heavy atom. The second-order valence-corrected chi connectivity index (χ2v) is 6.17. The van der Waals surface area contributed by atoms with E-state index in [0.29, 0.717) is 5.02 Å². The van der Waals surface area contributed by atoms with Gasteiger partial charge in [0, 0.05) is 15.9 Å². The summed E-state index contributed by atoms with van der Waals surface area (Å²) in [6, 6.07) is 11.5. The predicted octanol–water partition coefficient (Wildman–Crippen LogP) is 4.20. The number of fused-ring (bicyclic) bond motifs is 1. The minimum absolute atomic E-state index is 0.0876. The number of rotatable bonds is 2. The number of benzene rings is 2. The number of aromatic nitrogens is 1. The van der Waals surface area contributed by atoms with Crippen molar-refractivity contribution in [3.8, 4) is 0 Å². The standard InChI is InChI=1S/C16H10Cl3N3O2/c17-9-4-5-12-8(6-9)7-13(20-12)15(23)21-22-16(24)14-10(18)2-1-3-11(14)19/h1-7,20H,(H,21,23)(H,22,24). The van der Waals surface area contributed by atoms with Gasteiger partial charge in [-0.15, -0.1) is 0 Å². The molecule has 3 aromatic rings. The van der Waals surface area contributed by atoms with E-state index in [0.717, 1.165) is 10.9 Å². The molecule has 24 heavy (non-hydrogen) atoms. The van der Waals surface area contributed by atoms with Crippen LogP contribution >= 0.6 is 34.8 Å². The molecule has 5 nitrogen and oxygen atoms in total. The molecule has 0 fully saturated rings. The van der Waals surface area contributed by atoms with Gasteiger partial charge in [0.2, 0.25) is 0 Å². The van der Waals surface area contributed by atoms with Crippen LogP contribution < -0.4 is 10.9 Å². The smallest absolute Gasteiger partial charge is 0.286 e. The Labute approximate surface area is 151 Å². The monoisotopic (exact) mass is 381 g/mol. The van der Waals surface area contributed by atoms with Gasteiger partial charge in [0.05, 0.1) is 15.6 Å². The summed E-state index contributed by atoms with van der Waals surface area (Å²) in [4.78, 5) is 27.2. The Kier molecular flexibility index (Phi) is 4.66. The van der Waals surface area contributed by atoms with Crippen molar-refractivity contribution in [1.82, 2.24) is 15.8 Å². The van der Waals surface area contributed by atoms with Crippen LogP contribution in [0.1, 0.15) is 20.8 Å². The Hall–Kier alpha value is -2.21. The van der Waals surface area contributed by atoms with Crippen molar-refractivity contribution in [2.75, 3.05) is 0 Å². The highest BCUT2D eigenvalue weighted by molar-refractivity contribution is 6.39. The van der Waals surface area contributed by atoms with Gasteiger partial charge in [0.25, 0.3) is 11.8 Å². The van der Waals surface area contributed by atoms with Crippen LogP contribution in [0.5, 0.6) is 0 Å². The molecule has 0 spiro atoms. The van der Waals surface area contributed by atoms with Gasteiger partial charge in [-0.05, 0) is 36.4 Å². The number of nitrogens with one attached hydrogen (secondary N) is 3. The Bertz CT molecular complexity index is 933. The lowest BCUT2D eigenvalue weighted by Crippen LogP contribution is -2.42.